The lowest BCUT2D eigenvalue weighted by Crippen LogP contribution is -2.06. The van der Waals surface area contributed by atoms with E-state index in [1.54, 1.807) is 0 Å². The van der Waals surface area contributed by atoms with Crippen LogP contribution in [0.1, 0.15) is 18.5 Å². The van der Waals surface area contributed by atoms with Gasteiger partial charge in [-0.25, -0.2) is 0 Å². The average molecular weight is 282 g/mol. The van der Waals surface area contributed by atoms with Crippen LogP contribution in [0.4, 0.5) is 5.69 Å². The van der Waals surface area contributed by atoms with Gasteiger partial charge in [-0.3, -0.25) is 0 Å². The van der Waals surface area contributed by atoms with E-state index in [-0.39, 0.29) is 6.04 Å². The molecule has 0 radical (unpaired) electrons. The molecule has 0 aliphatic heterocycles. The molecule has 0 saturated carbocycles. The molecule has 0 saturated heterocycles. The monoisotopic (exact) mass is 281 g/mol. The molecule has 0 aromatic heterocycles. The van der Waals surface area contributed by atoms with E-state index in [9.17, 15) is 0 Å². The van der Waals surface area contributed by atoms with E-state index in [0.717, 1.165) is 10.7 Å². The molecule has 0 bridgehead atoms. The number of rotatable bonds is 3. The summed E-state index contributed by atoms with van der Waals surface area (Å²) in [5.41, 5.74) is 2.38. The van der Waals surface area contributed by atoms with Crippen molar-refractivity contribution in [1.82, 2.24) is 0 Å². The number of hydrogen-bond donors (Lipinski definition) is 1. The highest BCUT2D eigenvalue weighted by Crippen LogP contribution is 2.27. The fourth-order valence-corrected chi connectivity index (χ4v) is 2.63. The third-order valence-electron chi connectivity index (χ3n) is 3.52. The van der Waals surface area contributed by atoms with Gasteiger partial charge in [0, 0.05) is 16.8 Å². The minimum Gasteiger partial charge on any atom is -0.378 e. The van der Waals surface area contributed by atoms with Gasteiger partial charge in [0.2, 0.25) is 0 Å². The lowest BCUT2D eigenvalue weighted by molar-refractivity contribution is 0.895. The van der Waals surface area contributed by atoms with Crippen LogP contribution < -0.4 is 5.32 Å². The van der Waals surface area contributed by atoms with Crippen molar-refractivity contribution in [3.8, 4) is 0 Å². The summed E-state index contributed by atoms with van der Waals surface area (Å²) in [4.78, 5) is 0. The first-order valence-corrected chi connectivity index (χ1v) is 7.11. The molecule has 100 valence electrons. The van der Waals surface area contributed by atoms with Crippen molar-refractivity contribution in [3.05, 3.63) is 77.3 Å². The SMILES string of the molecule is CC(Nc1ccc(Cl)cc1)c1cccc2ccccc12. The molecule has 0 heterocycles. The van der Waals surface area contributed by atoms with Crippen molar-refractivity contribution < 1.29 is 0 Å². The predicted octanol–water partition coefficient (Wildman–Crippen LogP) is 5.67. The average Bonchev–Trinajstić information content (AvgIpc) is 2.49. The normalized spacial score (nSPS) is 12.3. The molecular weight excluding hydrogens is 266 g/mol. The molecule has 2 heteroatoms. The van der Waals surface area contributed by atoms with Gasteiger partial charge in [0.1, 0.15) is 0 Å². The van der Waals surface area contributed by atoms with Gasteiger partial charge < -0.3 is 5.32 Å². The van der Waals surface area contributed by atoms with Gasteiger partial charge in [-0.05, 0) is 47.5 Å². The van der Waals surface area contributed by atoms with E-state index in [4.69, 9.17) is 11.6 Å². The molecule has 0 spiro atoms. The Balaban J connectivity index is 1.92. The smallest absolute Gasteiger partial charge is 0.0491 e. The van der Waals surface area contributed by atoms with E-state index in [1.165, 1.54) is 16.3 Å². The van der Waals surface area contributed by atoms with Crippen molar-refractivity contribution in [2.24, 2.45) is 0 Å². The second kappa shape index (κ2) is 5.56. The second-order valence-corrected chi connectivity index (χ2v) is 5.38. The first-order valence-electron chi connectivity index (χ1n) is 6.74. The maximum absolute atomic E-state index is 5.92. The molecule has 3 aromatic carbocycles. The summed E-state index contributed by atoms with van der Waals surface area (Å²) in [6.45, 7) is 2.18. The lowest BCUT2D eigenvalue weighted by Gasteiger charge is -2.18. The summed E-state index contributed by atoms with van der Waals surface area (Å²) >= 11 is 5.92. The van der Waals surface area contributed by atoms with Crippen LogP contribution in [0.25, 0.3) is 10.8 Å². The van der Waals surface area contributed by atoms with Crippen LogP contribution in [0.3, 0.4) is 0 Å². The third kappa shape index (κ3) is 2.63. The van der Waals surface area contributed by atoms with Gasteiger partial charge in [-0.1, -0.05) is 54.1 Å². The molecule has 0 aliphatic rings. The van der Waals surface area contributed by atoms with Gasteiger partial charge in [0.15, 0.2) is 0 Å². The number of nitrogens with one attached hydrogen (secondary N) is 1. The van der Waals surface area contributed by atoms with Crippen molar-refractivity contribution in [1.29, 1.82) is 0 Å². The minimum atomic E-state index is 0.238. The van der Waals surface area contributed by atoms with E-state index in [0.29, 0.717) is 0 Å². The molecule has 1 unspecified atom stereocenters. The Labute approximate surface area is 124 Å². The Morgan fingerprint density at radius 2 is 1.55 bits per heavy atom. The summed E-state index contributed by atoms with van der Waals surface area (Å²) < 4.78 is 0. The first kappa shape index (κ1) is 13.0. The van der Waals surface area contributed by atoms with Gasteiger partial charge in [0.25, 0.3) is 0 Å². The lowest BCUT2D eigenvalue weighted by atomic mass is 9.99. The Hall–Kier alpha value is -1.99. The zero-order valence-electron chi connectivity index (χ0n) is 11.3. The molecule has 3 rings (SSSR count). The quantitative estimate of drug-likeness (QED) is 0.652. The molecule has 20 heavy (non-hydrogen) atoms. The summed E-state index contributed by atoms with van der Waals surface area (Å²) in [5, 5.41) is 6.84. The zero-order chi connectivity index (χ0) is 13.9. The van der Waals surface area contributed by atoms with Crippen LogP contribution in [0.2, 0.25) is 5.02 Å². The van der Waals surface area contributed by atoms with Crippen LogP contribution in [-0.4, -0.2) is 0 Å². The van der Waals surface area contributed by atoms with E-state index < -0.39 is 0 Å². The largest absolute Gasteiger partial charge is 0.378 e. The Morgan fingerprint density at radius 1 is 0.850 bits per heavy atom. The maximum atomic E-state index is 5.92. The molecular formula is C18H16ClN. The molecule has 3 aromatic rings. The summed E-state index contributed by atoms with van der Waals surface area (Å²) in [6, 6.07) is 23.0. The zero-order valence-corrected chi connectivity index (χ0v) is 12.1. The predicted molar refractivity (Wildman–Crippen MR) is 87.4 cm³/mol. The fraction of sp³-hybridized carbons (Fsp3) is 0.111. The topological polar surface area (TPSA) is 12.0 Å². The van der Waals surface area contributed by atoms with Crippen molar-refractivity contribution in [2.45, 2.75) is 13.0 Å². The van der Waals surface area contributed by atoms with Gasteiger partial charge in [-0.2, -0.15) is 0 Å². The molecule has 1 N–H and O–H groups in total. The van der Waals surface area contributed by atoms with Crippen LogP contribution in [0.5, 0.6) is 0 Å². The Morgan fingerprint density at radius 3 is 2.35 bits per heavy atom. The van der Waals surface area contributed by atoms with Gasteiger partial charge in [-0.15, -0.1) is 0 Å². The van der Waals surface area contributed by atoms with Crippen molar-refractivity contribution in [2.75, 3.05) is 5.32 Å². The number of benzene rings is 3. The van der Waals surface area contributed by atoms with Crippen LogP contribution in [0, 0.1) is 0 Å². The highest BCUT2D eigenvalue weighted by molar-refractivity contribution is 6.30. The summed E-state index contributed by atoms with van der Waals surface area (Å²) in [5.74, 6) is 0. The third-order valence-corrected chi connectivity index (χ3v) is 3.77. The molecule has 0 amide bonds. The standard InChI is InChI=1S/C18H16ClN/c1-13(20-16-11-9-15(19)10-12-16)17-8-4-6-14-5-2-3-7-18(14)17/h2-13,20H,1H3. The minimum absolute atomic E-state index is 0.238. The van der Waals surface area contributed by atoms with Crippen molar-refractivity contribution in [3.63, 3.8) is 0 Å². The van der Waals surface area contributed by atoms with Crippen LogP contribution in [0.15, 0.2) is 66.7 Å². The summed E-state index contributed by atoms with van der Waals surface area (Å²) in [6.07, 6.45) is 0. The molecule has 0 fully saturated rings. The molecule has 0 aliphatic carbocycles. The first-order chi connectivity index (χ1) is 9.74. The molecule has 1 atom stereocenters. The van der Waals surface area contributed by atoms with Crippen LogP contribution >= 0.6 is 11.6 Å². The number of hydrogen-bond acceptors (Lipinski definition) is 1. The Kier molecular flexibility index (Phi) is 3.62. The molecule has 1 nitrogen and oxygen atoms in total. The maximum Gasteiger partial charge on any atom is 0.0491 e. The number of fused-ring (bicyclic) bond motifs is 1. The highest BCUT2D eigenvalue weighted by Gasteiger charge is 2.08. The van der Waals surface area contributed by atoms with Gasteiger partial charge in [0.05, 0.1) is 0 Å². The van der Waals surface area contributed by atoms with E-state index in [2.05, 4.69) is 54.7 Å². The fourth-order valence-electron chi connectivity index (χ4n) is 2.50. The van der Waals surface area contributed by atoms with E-state index in [1.807, 2.05) is 24.3 Å². The van der Waals surface area contributed by atoms with Gasteiger partial charge >= 0.3 is 0 Å². The number of anilines is 1. The van der Waals surface area contributed by atoms with Crippen molar-refractivity contribution >= 4 is 28.1 Å². The second-order valence-electron chi connectivity index (χ2n) is 4.94. The van der Waals surface area contributed by atoms with E-state index >= 15 is 0 Å². The summed E-state index contributed by atoms with van der Waals surface area (Å²) in [7, 11) is 0. The Bertz CT molecular complexity index is 714. The highest BCUT2D eigenvalue weighted by atomic mass is 35.5. The van der Waals surface area contributed by atoms with Crippen LogP contribution in [-0.2, 0) is 0 Å². The number of halogens is 1.